The second-order valence-corrected chi connectivity index (χ2v) is 7.62. The topological polar surface area (TPSA) is 78.0 Å². The maximum absolute atomic E-state index is 12.0. The first-order valence-electron chi connectivity index (χ1n) is 10.2. The highest BCUT2D eigenvalue weighted by Crippen LogP contribution is 2.31. The van der Waals surface area contributed by atoms with E-state index in [-0.39, 0.29) is 17.9 Å². The quantitative estimate of drug-likeness (QED) is 0.484. The predicted molar refractivity (Wildman–Crippen MR) is 121 cm³/mol. The molecule has 1 amide bonds. The van der Waals surface area contributed by atoms with E-state index in [1.165, 1.54) is 5.56 Å². The Bertz CT molecular complexity index is 879. The zero-order valence-corrected chi connectivity index (χ0v) is 18.1. The van der Waals surface area contributed by atoms with Crippen LogP contribution in [0.1, 0.15) is 29.5 Å². The average molecular weight is 410 g/mol. The summed E-state index contributed by atoms with van der Waals surface area (Å²) in [6, 6.07) is 16.3. The van der Waals surface area contributed by atoms with Crippen LogP contribution in [-0.4, -0.2) is 58.1 Å². The van der Waals surface area contributed by atoms with Crippen LogP contribution in [0.25, 0.3) is 0 Å². The van der Waals surface area contributed by atoms with Gasteiger partial charge < -0.3 is 25.6 Å². The number of fused-ring (bicyclic) bond motifs is 1. The molecule has 0 spiro atoms. The summed E-state index contributed by atoms with van der Waals surface area (Å²) in [7, 11) is 7.55. The number of benzene rings is 2. The summed E-state index contributed by atoms with van der Waals surface area (Å²) in [5, 5.41) is 9.75. The summed E-state index contributed by atoms with van der Waals surface area (Å²) in [6.45, 7) is 1.33. The molecule has 0 radical (unpaired) electrons. The number of methoxy groups -OCH3 is 1. The normalized spacial score (nSPS) is 17.2. The fraction of sp³-hybridized carbons (Fsp3) is 0.391. The number of hydrogen-bond donors (Lipinski definition) is 3. The van der Waals surface area contributed by atoms with E-state index in [2.05, 4.69) is 58.1 Å². The molecule has 2 aromatic rings. The van der Waals surface area contributed by atoms with E-state index in [0.717, 1.165) is 23.0 Å². The van der Waals surface area contributed by atoms with Crippen LogP contribution in [0.2, 0.25) is 0 Å². The van der Waals surface area contributed by atoms with E-state index < -0.39 is 0 Å². The number of rotatable bonds is 7. The van der Waals surface area contributed by atoms with Gasteiger partial charge in [-0.25, -0.2) is 0 Å². The molecular weight excluding hydrogens is 378 g/mol. The summed E-state index contributed by atoms with van der Waals surface area (Å²) in [4.78, 5) is 18.6. The lowest BCUT2D eigenvalue weighted by Gasteiger charge is -2.28. The van der Waals surface area contributed by atoms with E-state index in [1.807, 2.05) is 30.3 Å². The third kappa shape index (κ3) is 5.30. The van der Waals surface area contributed by atoms with Crippen molar-refractivity contribution >= 4 is 17.6 Å². The Morgan fingerprint density at radius 1 is 1.20 bits per heavy atom. The third-order valence-corrected chi connectivity index (χ3v) is 5.43. The van der Waals surface area contributed by atoms with Gasteiger partial charge in [0.2, 0.25) is 5.91 Å². The van der Waals surface area contributed by atoms with E-state index in [1.54, 1.807) is 14.2 Å². The van der Waals surface area contributed by atoms with Crippen molar-refractivity contribution in [1.29, 1.82) is 0 Å². The molecule has 0 bridgehead atoms. The fourth-order valence-electron chi connectivity index (χ4n) is 3.74. The molecule has 1 aliphatic rings. The number of carbonyl (C=O) groups excluding carboxylic acids is 1. The molecule has 0 aromatic heterocycles. The first kappa shape index (κ1) is 21.6. The number of anilines is 1. The smallest absolute Gasteiger partial charge is 0.225 e. The summed E-state index contributed by atoms with van der Waals surface area (Å²) in [5.74, 6) is 1.73. The van der Waals surface area contributed by atoms with Gasteiger partial charge in [-0.3, -0.25) is 9.79 Å². The molecule has 0 saturated carbocycles. The molecule has 3 rings (SSSR count). The largest absolute Gasteiger partial charge is 0.497 e. The van der Waals surface area contributed by atoms with Crippen LogP contribution in [0, 0.1) is 0 Å². The van der Waals surface area contributed by atoms with Gasteiger partial charge in [-0.1, -0.05) is 30.3 Å². The minimum Gasteiger partial charge on any atom is -0.497 e. The Labute approximate surface area is 178 Å². The second-order valence-electron chi connectivity index (χ2n) is 7.62. The SMILES string of the molecule is CN=C(NCC1CC(=O)Nc2ccccc21)NCC(c1ccc(OC)cc1)N(C)C. The van der Waals surface area contributed by atoms with Crippen LogP contribution in [-0.2, 0) is 4.79 Å². The molecule has 160 valence electrons. The summed E-state index contributed by atoms with van der Waals surface area (Å²) < 4.78 is 5.26. The molecule has 7 nitrogen and oxygen atoms in total. The summed E-state index contributed by atoms with van der Waals surface area (Å²) >= 11 is 0. The molecule has 2 atom stereocenters. The monoisotopic (exact) mass is 409 g/mol. The highest BCUT2D eigenvalue weighted by atomic mass is 16.5. The number of guanidine groups is 1. The molecule has 1 aliphatic heterocycles. The van der Waals surface area contributed by atoms with Crippen molar-refractivity contribution < 1.29 is 9.53 Å². The van der Waals surface area contributed by atoms with E-state index in [0.29, 0.717) is 19.5 Å². The number of amides is 1. The van der Waals surface area contributed by atoms with Crippen molar-refractivity contribution in [3.63, 3.8) is 0 Å². The number of hydrogen-bond acceptors (Lipinski definition) is 4. The van der Waals surface area contributed by atoms with Crippen LogP contribution in [0.5, 0.6) is 5.75 Å². The molecule has 30 heavy (non-hydrogen) atoms. The maximum Gasteiger partial charge on any atom is 0.225 e. The molecule has 1 heterocycles. The van der Waals surface area contributed by atoms with Crippen molar-refractivity contribution in [3.8, 4) is 5.75 Å². The highest BCUT2D eigenvalue weighted by Gasteiger charge is 2.25. The van der Waals surface area contributed by atoms with Crippen molar-refractivity contribution in [3.05, 3.63) is 59.7 Å². The number of aliphatic imine (C=N–C) groups is 1. The van der Waals surface area contributed by atoms with Gasteiger partial charge in [-0.15, -0.1) is 0 Å². The van der Waals surface area contributed by atoms with Crippen LogP contribution < -0.4 is 20.7 Å². The number of likely N-dealkylation sites (N-methyl/N-ethyl adjacent to an activating group) is 1. The van der Waals surface area contributed by atoms with Gasteiger partial charge in [0, 0.05) is 38.2 Å². The lowest BCUT2D eigenvalue weighted by atomic mass is 9.90. The predicted octanol–water partition coefficient (Wildman–Crippen LogP) is 2.59. The molecule has 7 heteroatoms. The van der Waals surface area contributed by atoms with Gasteiger partial charge in [-0.05, 0) is 43.4 Å². The minimum absolute atomic E-state index is 0.0515. The first-order chi connectivity index (χ1) is 14.5. The second kappa shape index (κ2) is 10.1. The van der Waals surface area contributed by atoms with E-state index in [9.17, 15) is 4.79 Å². The zero-order chi connectivity index (χ0) is 21.5. The van der Waals surface area contributed by atoms with Crippen LogP contribution in [0.3, 0.4) is 0 Å². The molecule has 3 N–H and O–H groups in total. The van der Waals surface area contributed by atoms with Gasteiger partial charge in [0.25, 0.3) is 0 Å². The minimum atomic E-state index is 0.0515. The van der Waals surface area contributed by atoms with Gasteiger partial charge in [0.1, 0.15) is 5.75 Å². The fourth-order valence-corrected chi connectivity index (χ4v) is 3.74. The van der Waals surface area contributed by atoms with Gasteiger partial charge in [0.05, 0.1) is 13.2 Å². The number of para-hydroxylation sites is 1. The number of ether oxygens (including phenoxy) is 1. The Kier molecular flexibility index (Phi) is 7.30. The summed E-state index contributed by atoms with van der Waals surface area (Å²) in [5.41, 5.74) is 3.25. The standard InChI is InChI=1S/C23H31N5O2/c1-24-23(25-14-17-13-22(29)27-20-8-6-5-7-19(17)20)26-15-21(28(2)3)16-9-11-18(30-4)12-10-16/h5-12,17,21H,13-15H2,1-4H3,(H,27,29)(H2,24,25,26). The Morgan fingerprint density at radius 2 is 1.93 bits per heavy atom. The molecule has 0 saturated heterocycles. The van der Waals surface area contributed by atoms with Crippen LogP contribution >= 0.6 is 0 Å². The van der Waals surface area contributed by atoms with E-state index in [4.69, 9.17) is 4.74 Å². The lowest BCUT2D eigenvalue weighted by molar-refractivity contribution is -0.116. The molecule has 0 aliphatic carbocycles. The lowest BCUT2D eigenvalue weighted by Crippen LogP contribution is -2.43. The Morgan fingerprint density at radius 3 is 2.60 bits per heavy atom. The first-order valence-corrected chi connectivity index (χ1v) is 10.2. The van der Waals surface area contributed by atoms with Gasteiger partial charge in [-0.2, -0.15) is 0 Å². The van der Waals surface area contributed by atoms with E-state index >= 15 is 0 Å². The highest BCUT2D eigenvalue weighted by molar-refractivity contribution is 5.94. The molecule has 2 unspecified atom stereocenters. The van der Waals surface area contributed by atoms with Crippen LogP contribution in [0.15, 0.2) is 53.5 Å². The van der Waals surface area contributed by atoms with Crippen molar-refractivity contribution in [2.75, 3.05) is 46.7 Å². The Hall–Kier alpha value is -3.06. The molecule has 2 aromatic carbocycles. The number of carbonyl (C=O) groups is 1. The maximum atomic E-state index is 12.0. The van der Waals surface area contributed by atoms with Gasteiger partial charge in [0.15, 0.2) is 5.96 Å². The molecule has 0 fully saturated rings. The van der Waals surface area contributed by atoms with Crippen molar-refractivity contribution in [1.82, 2.24) is 15.5 Å². The third-order valence-electron chi connectivity index (χ3n) is 5.43. The average Bonchev–Trinajstić information content (AvgIpc) is 2.75. The number of nitrogens with one attached hydrogen (secondary N) is 3. The molecular formula is C23H31N5O2. The number of nitrogens with zero attached hydrogens (tertiary/aromatic N) is 2. The van der Waals surface area contributed by atoms with Gasteiger partial charge >= 0.3 is 0 Å². The summed E-state index contributed by atoms with van der Waals surface area (Å²) in [6.07, 6.45) is 0.465. The zero-order valence-electron chi connectivity index (χ0n) is 18.1. The van der Waals surface area contributed by atoms with Crippen LogP contribution in [0.4, 0.5) is 5.69 Å². The van der Waals surface area contributed by atoms with Crippen molar-refractivity contribution in [2.24, 2.45) is 4.99 Å². The van der Waals surface area contributed by atoms with Crippen molar-refractivity contribution in [2.45, 2.75) is 18.4 Å². The Balaban J connectivity index is 1.60.